The summed E-state index contributed by atoms with van der Waals surface area (Å²) in [7, 11) is -3.66. The van der Waals surface area contributed by atoms with Gasteiger partial charge in [0.25, 0.3) is 5.91 Å². The minimum absolute atomic E-state index is 0.0959. The molecule has 4 rings (SSSR count). The monoisotopic (exact) mass is 525 g/mol. The van der Waals surface area contributed by atoms with Gasteiger partial charge in [-0.05, 0) is 42.0 Å². The van der Waals surface area contributed by atoms with Gasteiger partial charge in [0, 0.05) is 43.8 Å². The second-order valence-corrected chi connectivity index (χ2v) is 10.8. The number of nitrogen functional groups attached to an aromatic ring is 2. The minimum Gasteiger partial charge on any atom is -0.399 e. The van der Waals surface area contributed by atoms with Crippen molar-refractivity contribution in [1.29, 1.82) is 0 Å². The van der Waals surface area contributed by atoms with E-state index in [4.69, 9.17) is 11.5 Å². The summed E-state index contributed by atoms with van der Waals surface area (Å²) in [5.41, 5.74) is 13.5. The van der Waals surface area contributed by atoms with E-state index >= 15 is 0 Å². The van der Waals surface area contributed by atoms with Crippen LogP contribution in [-0.2, 0) is 14.6 Å². The molecule has 0 spiro atoms. The molecule has 37 heavy (non-hydrogen) atoms. The smallest absolute Gasteiger partial charge is 0.254 e. The van der Waals surface area contributed by atoms with E-state index in [1.807, 2.05) is 11.0 Å². The molecule has 5 N–H and O–H groups in total. The molecule has 0 radical (unpaired) electrons. The Labute approximate surface area is 214 Å². The fraction of sp³-hybridized carbons (Fsp3) is 0.231. The van der Waals surface area contributed by atoms with Crippen molar-refractivity contribution in [3.8, 4) is 0 Å². The zero-order valence-electron chi connectivity index (χ0n) is 20.2. The van der Waals surface area contributed by atoms with Crippen LogP contribution in [-0.4, -0.2) is 57.6 Å². The van der Waals surface area contributed by atoms with E-state index in [0.717, 1.165) is 12.3 Å². The molecule has 0 bridgehead atoms. The second-order valence-electron chi connectivity index (χ2n) is 8.86. The summed E-state index contributed by atoms with van der Waals surface area (Å²) in [6, 6.07) is 16.1. The topological polar surface area (TPSA) is 139 Å². The molecule has 11 heteroatoms. The highest BCUT2D eigenvalue weighted by Gasteiger charge is 2.31. The van der Waals surface area contributed by atoms with E-state index in [1.54, 1.807) is 35.2 Å². The Morgan fingerprint density at radius 1 is 0.946 bits per heavy atom. The van der Waals surface area contributed by atoms with Crippen molar-refractivity contribution in [2.75, 3.05) is 48.8 Å². The number of hydrogen-bond donors (Lipinski definition) is 3. The van der Waals surface area contributed by atoms with Gasteiger partial charge in [0.15, 0.2) is 9.84 Å². The van der Waals surface area contributed by atoms with Gasteiger partial charge < -0.3 is 26.6 Å². The number of carbonyl (C=O) groups excluding carboxylic acids is 2. The standard InChI is InChI=1S/C26H28FN5O4S/c1-37(35,36)23-15-18(27)7-10-22(23)31-11-13-32(14-12-31)26(34)24(17-5-3-2-4-6-17)30-25(33)20-16-19(28)8-9-21(20)29/h2-10,15-16,24H,11-14,28-29H2,1H3,(H,30,33)/t24-/m1/s1. The number of amides is 2. The van der Waals surface area contributed by atoms with Gasteiger partial charge in [-0.25, -0.2) is 12.8 Å². The highest BCUT2D eigenvalue weighted by molar-refractivity contribution is 7.90. The molecule has 3 aromatic carbocycles. The summed E-state index contributed by atoms with van der Waals surface area (Å²) < 4.78 is 38.2. The highest BCUT2D eigenvalue weighted by atomic mass is 32.2. The van der Waals surface area contributed by atoms with E-state index in [-0.39, 0.29) is 35.1 Å². The predicted molar refractivity (Wildman–Crippen MR) is 140 cm³/mol. The number of nitrogens with two attached hydrogens (primary N) is 2. The maximum Gasteiger partial charge on any atom is 0.254 e. The molecule has 0 saturated carbocycles. The van der Waals surface area contributed by atoms with Crippen LogP contribution in [0.25, 0.3) is 0 Å². The number of piperazine rings is 1. The fourth-order valence-electron chi connectivity index (χ4n) is 4.31. The SMILES string of the molecule is CS(=O)(=O)c1cc(F)ccc1N1CCN(C(=O)[C@H](NC(=O)c2cc(N)ccc2N)c2ccccc2)CC1. The first-order valence-corrected chi connectivity index (χ1v) is 13.5. The largest absolute Gasteiger partial charge is 0.399 e. The molecule has 9 nitrogen and oxygen atoms in total. The Balaban J connectivity index is 1.54. The van der Waals surface area contributed by atoms with Crippen LogP contribution in [0.3, 0.4) is 0 Å². The number of nitrogens with one attached hydrogen (secondary N) is 1. The molecule has 3 aromatic rings. The maximum absolute atomic E-state index is 13.8. The minimum atomic E-state index is -3.66. The number of hydrogen-bond acceptors (Lipinski definition) is 7. The van der Waals surface area contributed by atoms with Crippen molar-refractivity contribution in [2.45, 2.75) is 10.9 Å². The molecule has 2 amide bonds. The van der Waals surface area contributed by atoms with Crippen LogP contribution in [0.2, 0.25) is 0 Å². The predicted octanol–water partition coefficient (Wildman–Crippen LogP) is 2.21. The van der Waals surface area contributed by atoms with E-state index in [0.29, 0.717) is 30.0 Å². The molecule has 1 saturated heterocycles. The molecule has 0 aromatic heterocycles. The number of halogens is 1. The van der Waals surface area contributed by atoms with Crippen molar-refractivity contribution in [3.63, 3.8) is 0 Å². The highest BCUT2D eigenvalue weighted by Crippen LogP contribution is 2.28. The number of sulfone groups is 1. The van der Waals surface area contributed by atoms with Crippen LogP contribution in [0, 0.1) is 5.82 Å². The van der Waals surface area contributed by atoms with Crippen molar-refractivity contribution in [2.24, 2.45) is 0 Å². The van der Waals surface area contributed by atoms with Crippen LogP contribution in [0.15, 0.2) is 71.6 Å². The molecule has 1 atom stereocenters. The summed E-state index contributed by atoms with van der Waals surface area (Å²) in [5.74, 6) is -1.49. The van der Waals surface area contributed by atoms with Crippen LogP contribution in [0.4, 0.5) is 21.5 Å². The van der Waals surface area contributed by atoms with Gasteiger partial charge in [-0.3, -0.25) is 9.59 Å². The van der Waals surface area contributed by atoms with Crippen molar-refractivity contribution in [1.82, 2.24) is 10.2 Å². The van der Waals surface area contributed by atoms with Gasteiger partial charge in [-0.1, -0.05) is 30.3 Å². The molecule has 0 unspecified atom stereocenters. The summed E-state index contributed by atoms with van der Waals surface area (Å²) in [6.45, 7) is 1.22. The Kier molecular flexibility index (Phi) is 7.35. The molecule has 0 aliphatic carbocycles. The third-order valence-electron chi connectivity index (χ3n) is 6.23. The lowest BCUT2D eigenvalue weighted by molar-refractivity contribution is -0.133. The maximum atomic E-state index is 13.8. The zero-order chi connectivity index (χ0) is 26.7. The third-order valence-corrected chi connectivity index (χ3v) is 7.36. The van der Waals surface area contributed by atoms with Crippen molar-refractivity contribution < 1.29 is 22.4 Å². The number of benzene rings is 3. The Morgan fingerprint density at radius 2 is 1.62 bits per heavy atom. The van der Waals surface area contributed by atoms with E-state index < -0.39 is 27.6 Å². The number of carbonyl (C=O) groups is 2. The first kappa shape index (κ1) is 26.0. The first-order valence-electron chi connectivity index (χ1n) is 11.6. The zero-order valence-corrected chi connectivity index (χ0v) is 21.0. The van der Waals surface area contributed by atoms with Crippen LogP contribution in [0.5, 0.6) is 0 Å². The third kappa shape index (κ3) is 5.83. The van der Waals surface area contributed by atoms with Crippen molar-refractivity contribution in [3.05, 3.63) is 83.7 Å². The average Bonchev–Trinajstić information content (AvgIpc) is 2.88. The lowest BCUT2D eigenvalue weighted by Crippen LogP contribution is -2.52. The molecule has 1 heterocycles. The lowest BCUT2D eigenvalue weighted by Gasteiger charge is -2.38. The quantitative estimate of drug-likeness (QED) is 0.420. The van der Waals surface area contributed by atoms with Gasteiger partial charge in [0.05, 0.1) is 16.1 Å². The number of rotatable bonds is 6. The van der Waals surface area contributed by atoms with Gasteiger partial charge in [0.1, 0.15) is 11.9 Å². The summed E-state index contributed by atoms with van der Waals surface area (Å²) in [6.07, 6.45) is 1.03. The second kappa shape index (κ2) is 10.5. The molecule has 1 aliphatic rings. The van der Waals surface area contributed by atoms with Crippen LogP contribution < -0.4 is 21.7 Å². The number of nitrogens with zero attached hydrogens (tertiary/aromatic N) is 2. The summed E-state index contributed by atoms with van der Waals surface area (Å²) in [4.78, 5) is 30.0. The number of anilines is 3. The molecular weight excluding hydrogens is 497 g/mol. The van der Waals surface area contributed by atoms with Gasteiger partial charge >= 0.3 is 0 Å². The fourth-order valence-corrected chi connectivity index (χ4v) is 5.21. The van der Waals surface area contributed by atoms with E-state index in [1.165, 1.54) is 24.3 Å². The lowest BCUT2D eigenvalue weighted by atomic mass is 10.0. The Hall–Kier alpha value is -4.12. The Bertz CT molecular complexity index is 1420. The molecule has 1 fully saturated rings. The normalized spacial score (nSPS) is 14.8. The van der Waals surface area contributed by atoms with Gasteiger partial charge in [-0.2, -0.15) is 0 Å². The molecule has 1 aliphatic heterocycles. The first-order chi connectivity index (χ1) is 17.5. The van der Waals surface area contributed by atoms with E-state index in [9.17, 15) is 22.4 Å². The average molecular weight is 526 g/mol. The summed E-state index contributed by atoms with van der Waals surface area (Å²) >= 11 is 0. The van der Waals surface area contributed by atoms with Crippen LogP contribution in [0.1, 0.15) is 22.0 Å². The Morgan fingerprint density at radius 3 is 2.27 bits per heavy atom. The van der Waals surface area contributed by atoms with Gasteiger partial charge in [-0.15, -0.1) is 0 Å². The van der Waals surface area contributed by atoms with Crippen LogP contribution >= 0.6 is 0 Å². The van der Waals surface area contributed by atoms with Crippen molar-refractivity contribution >= 4 is 38.7 Å². The van der Waals surface area contributed by atoms with Gasteiger partial charge in [0.2, 0.25) is 5.91 Å². The molecule has 194 valence electrons. The van der Waals surface area contributed by atoms with E-state index in [2.05, 4.69) is 5.32 Å². The summed E-state index contributed by atoms with van der Waals surface area (Å²) in [5, 5.41) is 2.79. The molecular formula is C26H28FN5O4S.